The fraction of sp³-hybridized carbons (Fsp3) is 0.100. The fourth-order valence-corrected chi connectivity index (χ4v) is 3.41. The molecular weight excluding hydrogens is 390 g/mol. The Bertz CT molecular complexity index is 1100. The summed E-state index contributed by atoms with van der Waals surface area (Å²) in [6.45, 7) is 0.297. The van der Waals surface area contributed by atoms with E-state index in [1.54, 1.807) is 23.3 Å². The molecule has 0 fully saturated rings. The third kappa shape index (κ3) is 3.24. The van der Waals surface area contributed by atoms with E-state index in [0.29, 0.717) is 23.1 Å². The summed E-state index contributed by atoms with van der Waals surface area (Å²) in [5.41, 5.74) is 0.998. The van der Waals surface area contributed by atoms with E-state index in [1.807, 2.05) is 0 Å². The van der Waals surface area contributed by atoms with Crippen LogP contribution in [-0.2, 0) is 0 Å². The molecule has 1 aromatic heterocycles. The minimum atomic E-state index is -0.758. The zero-order valence-electron chi connectivity index (χ0n) is 14.6. The Morgan fingerprint density at radius 2 is 1.64 bits per heavy atom. The van der Waals surface area contributed by atoms with Crippen molar-refractivity contribution < 1.29 is 17.6 Å². The molecule has 0 atom stereocenters. The van der Waals surface area contributed by atoms with E-state index < -0.39 is 23.3 Å². The van der Waals surface area contributed by atoms with Crippen molar-refractivity contribution in [1.29, 1.82) is 0 Å². The van der Waals surface area contributed by atoms with E-state index in [9.17, 15) is 17.6 Å². The van der Waals surface area contributed by atoms with Crippen LogP contribution in [0.4, 0.5) is 29.1 Å². The molecule has 0 bridgehead atoms. The number of halogens is 4. The van der Waals surface area contributed by atoms with Crippen molar-refractivity contribution in [3.63, 3.8) is 0 Å². The first-order chi connectivity index (χ1) is 13.5. The van der Waals surface area contributed by atoms with E-state index >= 15 is 0 Å². The molecule has 0 amide bonds. The van der Waals surface area contributed by atoms with Crippen molar-refractivity contribution in [2.24, 2.45) is 0 Å². The first-order valence-corrected chi connectivity index (χ1v) is 9.51. The molecule has 2 heterocycles. The summed E-state index contributed by atoms with van der Waals surface area (Å²) in [5.74, 6) is -2.51. The monoisotopic (exact) mass is 403 g/mol. The molecule has 3 nitrogen and oxygen atoms in total. The summed E-state index contributed by atoms with van der Waals surface area (Å²) in [7, 11) is 0. The number of nitrogens with zero attached hydrogens (tertiary/aromatic N) is 3. The van der Waals surface area contributed by atoms with Gasteiger partial charge in [-0.25, -0.2) is 27.5 Å². The fourth-order valence-electron chi connectivity index (χ4n) is 3.05. The zero-order chi connectivity index (χ0) is 19.8. The minimum absolute atomic E-state index is 0.112. The molecule has 0 N–H and O–H groups in total. The molecule has 3 aromatic rings. The molecule has 28 heavy (non-hydrogen) atoms. The average molecular weight is 403 g/mol. The Hall–Kier alpha value is -2.87. The van der Waals surface area contributed by atoms with Crippen LogP contribution in [0.2, 0.25) is 0 Å². The maximum absolute atomic E-state index is 14.4. The second kappa shape index (κ2) is 7.27. The van der Waals surface area contributed by atoms with Gasteiger partial charge in [0, 0.05) is 29.8 Å². The molecule has 0 spiro atoms. The van der Waals surface area contributed by atoms with Gasteiger partial charge in [0.1, 0.15) is 29.1 Å². The molecule has 0 radical (unpaired) electrons. The number of aromatic nitrogens is 2. The van der Waals surface area contributed by atoms with Crippen LogP contribution in [0.5, 0.6) is 0 Å². The Morgan fingerprint density at radius 3 is 2.32 bits per heavy atom. The lowest BCUT2D eigenvalue weighted by Gasteiger charge is -2.28. The maximum atomic E-state index is 14.4. The average Bonchev–Trinajstić information content (AvgIpc) is 2.67. The summed E-state index contributed by atoms with van der Waals surface area (Å²) in [6, 6.07) is 6.52. The van der Waals surface area contributed by atoms with Crippen LogP contribution in [0.15, 0.2) is 47.6 Å². The van der Waals surface area contributed by atoms with Crippen molar-refractivity contribution in [3.8, 4) is 11.3 Å². The molecule has 2 aromatic carbocycles. The van der Waals surface area contributed by atoms with Crippen LogP contribution in [0.3, 0.4) is 0 Å². The third-order valence-corrected chi connectivity index (χ3v) is 4.85. The summed E-state index contributed by atoms with van der Waals surface area (Å²) < 4.78 is 55.5. The van der Waals surface area contributed by atoms with Crippen LogP contribution >= 0.6 is 11.8 Å². The molecule has 0 unspecified atom stereocenters. The van der Waals surface area contributed by atoms with Gasteiger partial charge in [-0.3, -0.25) is 0 Å². The molecule has 1 aliphatic heterocycles. The van der Waals surface area contributed by atoms with Gasteiger partial charge in [0.25, 0.3) is 0 Å². The van der Waals surface area contributed by atoms with Crippen LogP contribution < -0.4 is 4.90 Å². The van der Waals surface area contributed by atoms with Crippen LogP contribution in [-0.4, -0.2) is 22.8 Å². The van der Waals surface area contributed by atoms with Crippen molar-refractivity contribution in [2.75, 3.05) is 17.7 Å². The highest BCUT2D eigenvalue weighted by atomic mass is 32.2. The molecule has 0 saturated carbocycles. The van der Waals surface area contributed by atoms with Crippen LogP contribution in [0.1, 0.15) is 5.56 Å². The standard InChI is InChI=1S/C20H13F4N3S/c1-28-20-25-18(13-6-4-11(21)9-15(13)23)14-3-2-8-27(19(14)26-20)17-7-5-12(22)10-16(17)24/h2-7,9-10H,8H2,1H3. The van der Waals surface area contributed by atoms with E-state index in [2.05, 4.69) is 9.97 Å². The van der Waals surface area contributed by atoms with Crippen molar-refractivity contribution in [1.82, 2.24) is 9.97 Å². The quantitative estimate of drug-likeness (QED) is 0.324. The molecular formula is C20H13F4N3S. The predicted molar refractivity (Wildman–Crippen MR) is 102 cm³/mol. The SMILES string of the molecule is CSc1nc(-c2ccc(F)cc2F)c2c(n1)N(c1ccc(F)cc1F)CC=C2. The van der Waals surface area contributed by atoms with Crippen LogP contribution in [0, 0.1) is 23.3 Å². The predicted octanol–water partition coefficient (Wildman–Crippen LogP) is 5.59. The second-order valence-corrected chi connectivity index (χ2v) is 6.80. The largest absolute Gasteiger partial charge is 0.319 e. The molecule has 8 heteroatoms. The van der Waals surface area contributed by atoms with Gasteiger partial charge in [-0.2, -0.15) is 0 Å². The highest BCUT2D eigenvalue weighted by molar-refractivity contribution is 7.98. The molecule has 4 rings (SSSR count). The van der Waals surface area contributed by atoms with Gasteiger partial charge >= 0.3 is 0 Å². The van der Waals surface area contributed by atoms with Crippen molar-refractivity contribution in [2.45, 2.75) is 5.16 Å². The lowest BCUT2D eigenvalue weighted by atomic mass is 10.0. The lowest BCUT2D eigenvalue weighted by molar-refractivity contribution is 0.582. The minimum Gasteiger partial charge on any atom is -0.319 e. The first-order valence-electron chi connectivity index (χ1n) is 8.28. The van der Waals surface area contributed by atoms with Gasteiger partial charge in [0.15, 0.2) is 5.16 Å². The van der Waals surface area contributed by atoms with Crippen molar-refractivity contribution >= 4 is 29.3 Å². The summed E-state index contributed by atoms with van der Waals surface area (Å²) >= 11 is 1.24. The van der Waals surface area contributed by atoms with Gasteiger partial charge < -0.3 is 4.90 Å². The molecule has 142 valence electrons. The first kappa shape index (κ1) is 18.5. The zero-order valence-corrected chi connectivity index (χ0v) is 15.4. The summed E-state index contributed by atoms with van der Waals surface area (Å²) in [6.07, 6.45) is 5.22. The maximum Gasteiger partial charge on any atom is 0.189 e. The Morgan fingerprint density at radius 1 is 0.929 bits per heavy atom. The van der Waals surface area contributed by atoms with Crippen molar-refractivity contribution in [3.05, 3.63) is 71.3 Å². The van der Waals surface area contributed by atoms with Crippen LogP contribution in [0.25, 0.3) is 17.3 Å². The number of anilines is 2. The number of benzene rings is 2. The molecule has 1 aliphatic rings. The van der Waals surface area contributed by atoms with Gasteiger partial charge in [-0.05, 0) is 30.5 Å². The highest BCUT2D eigenvalue weighted by Crippen LogP contribution is 2.39. The van der Waals surface area contributed by atoms with E-state index in [1.165, 1.54) is 23.9 Å². The number of thioether (sulfide) groups is 1. The van der Waals surface area contributed by atoms with E-state index in [0.717, 1.165) is 24.3 Å². The van der Waals surface area contributed by atoms with E-state index in [-0.39, 0.29) is 16.9 Å². The topological polar surface area (TPSA) is 29.0 Å². The number of rotatable bonds is 3. The van der Waals surface area contributed by atoms with E-state index in [4.69, 9.17) is 0 Å². The smallest absolute Gasteiger partial charge is 0.189 e. The van der Waals surface area contributed by atoms with Gasteiger partial charge in [0.05, 0.1) is 11.4 Å². The Labute approximate surface area is 162 Å². The summed E-state index contributed by atoms with van der Waals surface area (Å²) in [5, 5.41) is 0.347. The normalized spacial score (nSPS) is 13.0. The second-order valence-electron chi connectivity index (χ2n) is 6.03. The van der Waals surface area contributed by atoms with Gasteiger partial charge in [0.2, 0.25) is 0 Å². The highest BCUT2D eigenvalue weighted by Gasteiger charge is 2.25. The van der Waals surface area contributed by atoms with Gasteiger partial charge in [-0.15, -0.1) is 0 Å². The number of hydrogen-bond acceptors (Lipinski definition) is 4. The third-order valence-electron chi connectivity index (χ3n) is 4.30. The Kier molecular flexibility index (Phi) is 4.80. The lowest BCUT2D eigenvalue weighted by Crippen LogP contribution is -2.24. The number of fused-ring (bicyclic) bond motifs is 1. The molecule has 0 aliphatic carbocycles. The Balaban J connectivity index is 1.94. The molecule has 0 saturated heterocycles. The van der Waals surface area contributed by atoms with Gasteiger partial charge in [-0.1, -0.05) is 23.9 Å². The number of hydrogen-bond donors (Lipinski definition) is 0. The summed E-state index contributed by atoms with van der Waals surface area (Å²) in [4.78, 5) is 10.4.